The average Bonchev–Trinajstić information content (AvgIpc) is 2.98. The summed E-state index contributed by atoms with van der Waals surface area (Å²) >= 11 is 0. The van der Waals surface area contributed by atoms with Crippen molar-refractivity contribution < 1.29 is 9.59 Å². The molecule has 25 heavy (non-hydrogen) atoms. The molecule has 2 aromatic carbocycles. The van der Waals surface area contributed by atoms with Crippen LogP contribution >= 0.6 is 0 Å². The van der Waals surface area contributed by atoms with Gasteiger partial charge in [0, 0.05) is 24.3 Å². The Morgan fingerprint density at radius 2 is 1.88 bits per heavy atom. The lowest BCUT2D eigenvalue weighted by atomic mass is 10.1. The van der Waals surface area contributed by atoms with Crippen LogP contribution in [0.4, 0.5) is 16.2 Å². The van der Waals surface area contributed by atoms with Crippen LogP contribution in [0.3, 0.4) is 0 Å². The molecular weight excluding hydrogens is 314 g/mol. The zero-order valence-electron chi connectivity index (χ0n) is 14.8. The average molecular weight is 337 g/mol. The van der Waals surface area contributed by atoms with Crippen LogP contribution < -0.4 is 15.5 Å². The monoisotopic (exact) mass is 337 g/mol. The van der Waals surface area contributed by atoms with E-state index in [0.29, 0.717) is 13.0 Å². The van der Waals surface area contributed by atoms with E-state index in [1.54, 1.807) is 4.90 Å². The number of para-hydroxylation sites is 1. The molecule has 1 unspecified atom stereocenters. The smallest absolute Gasteiger partial charge is 0.327 e. The highest BCUT2D eigenvalue weighted by molar-refractivity contribution is 6.08. The first-order valence-corrected chi connectivity index (χ1v) is 8.54. The van der Waals surface area contributed by atoms with E-state index in [9.17, 15) is 9.59 Å². The summed E-state index contributed by atoms with van der Waals surface area (Å²) in [5, 5.41) is 5.75. The molecule has 1 aliphatic rings. The van der Waals surface area contributed by atoms with E-state index in [2.05, 4.69) is 10.6 Å². The van der Waals surface area contributed by atoms with Crippen molar-refractivity contribution in [2.75, 3.05) is 16.8 Å². The number of benzene rings is 2. The lowest BCUT2D eigenvalue weighted by molar-refractivity contribution is -0.122. The summed E-state index contributed by atoms with van der Waals surface area (Å²) in [7, 11) is 0. The Kier molecular flexibility index (Phi) is 4.74. The molecule has 5 nitrogen and oxygen atoms in total. The number of hydrogen-bond acceptors (Lipinski definition) is 2. The molecular formula is C20H23N3O2. The molecule has 0 saturated carbocycles. The molecule has 0 aromatic heterocycles. The summed E-state index contributed by atoms with van der Waals surface area (Å²) in [5.41, 5.74) is 4.81. The zero-order valence-corrected chi connectivity index (χ0v) is 14.8. The highest BCUT2D eigenvalue weighted by atomic mass is 16.2. The molecule has 2 N–H and O–H groups in total. The van der Waals surface area contributed by atoms with E-state index in [4.69, 9.17) is 0 Å². The minimum Gasteiger partial charge on any atom is -0.355 e. The third-order valence-corrected chi connectivity index (χ3v) is 4.61. The van der Waals surface area contributed by atoms with E-state index in [1.807, 2.05) is 63.2 Å². The predicted molar refractivity (Wildman–Crippen MR) is 100 cm³/mol. The third-order valence-electron chi connectivity index (χ3n) is 4.61. The van der Waals surface area contributed by atoms with Crippen molar-refractivity contribution >= 4 is 23.3 Å². The summed E-state index contributed by atoms with van der Waals surface area (Å²) in [6.07, 6.45) is 0.530. The second-order valence-corrected chi connectivity index (χ2v) is 6.34. The number of hydrogen-bond donors (Lipinski definition) is 2. The Labute approximate surface area is 148 Å². The van der Waals surface area contributed by atoms with E-state index in [0.717, 1.165) is 22.5 Å². The van der Waals surface area contributed by atoms with Crippen LogP contribution in [-0.2, 0) is 11.2 Å². The number of anilines is 2. The molecule has 0 spiro atoms. The fourth-order valence-corrected chi connectivity index (χ4v) is 3.14. The van der Waals surface area contributed by atoms with Gasteiger partial charge in [-0.3, -0.25) is 9.69 Å². The Bertz CT molecular complexity index is 816. The molecule has 1 atom stereocenters. The predicted octanol–water partition coefficient (Wildman–Crippen LogP) is 3.40. The molecule has 3 amide bonds. The van der Waals surface area contributed by atoms with E-state index in [1.165, 1.54) is 5.56 Å². The van der Waals surface area contributed by atoms with Crippen LogP contribution in [0.25, 0.3) is 0 Å². The van der Waals surface area contributed by atoms with E-state index in [-0.39, 0.29) is 11.9 Å². The number of carbonyl (C=O) groups is 2. The van der Waals surface area contributed by atoms with E-state index >= 15 is 0 Å². The van der Waals surface area contributed by atoms with E-state index < -0.39 is 6.04 Å². The number of nitrogens with one attached hydrogen (secondary N) is 2. The van der Waals surface area contributed by atoms with Gasteiger partial charge in [-0.05, 0) is 55.7 Å². The lowest BCUT2D eigenvalue weighted by Crippen LogP contribution is -2.49. The number of nitrogens with zero attached hydrogens (tertiary/aromatic N) is 1. The summed E-state index contributed by atoms with van der Waals surface area (Å²) in [4.78, 5) is 26.9. The number of likely N-dealkylation sites (N-methyl/N-ethyl adjacent to an activating group) is 1. The van der Waals surface area contributed by atoms with Crippen LogP contribution in [-0.4, -0.2) is 24.5 Å². The van der Waals surface area contributed by atoms with Crippen LogP contribution in [0.2, 0.25) is 0 Å². The second-order valence-electron chi connectivity index (χ2n) is 6.34. The first kappa shape index (κ1) is 17.0. The number of urea groups is 1. The molecule has 1 aliphatic heterocycles. The van der Waals surface area contributed by atoms with Gasteiger partial charge in [-0.25, -0.2) is 4.79 Å². The second kappa shape index (κ2) is 6.97. The van der Waals surface area contributed by atoms with Crippen molar-refractivity contribution in [1.82, 2.24) is 5.32 Å². The van der Waals surface area contributed by atoms with Gasteiger partial charge in [0.05, 0.1) is 0 Å². The van der Waals surface area contributed by atoms with Gasteiger partial charge in [-0.15, -0.1) is 0 Å². The quantitative estimate of drug-likeness (QED) is 0.902. The van der Waals surface area contributed by atoms with Crippen LogP contribution in [0, 0.1) is 13.8 Å². The first-order valence-electron chi connectivity index (χ1n) is 8.54. The largest absolute Gasteiger partial charge is 0.355 e. The maximum Gasteiger partial charge on any atom is 0.327 e. The molecule has 0 radical (unpaired) electrons. The molecule has 1 heterocycles. The highest BCUT2D eigenvalue weighted by Gasteiger charge is 2.38. The Balaban J connectivity index is 1.88. The maximum atomic E-state index is 12.9. The van der Waals surface area contributed by atoms with Crippen LogP contribution in [0.15, 0.2) is 42.5 Å². The van der Waals surface area contributed by atoms with Gasteiger partial charge in [0.15, 0.2) is 0 Å². The third kappa shape index (κ3) is 3.36. The van der Waals surface area contributed by atoms with Crippen molar-refractivity contribution in [3.63, 3.8) is 0 Å². The van der Waals surface area contributed by atoms with Gasteiger partial charge in [0.25, 0.3) is 0 Å². The summed E-state index contributed by atoms with van der Waals surface area (Å²) < 4.78 is 0. The van der Waals surface area contributed by atoms with Crippen molar-refractivity contribution in [3.05, 3.63) is 59.2 Å². The number of aryl methyl sites for hydroxylation is 2. The van der Waals surface area contributed by atoms with Gasteiger partial charge < -0.3 is 10.6 Å². The lowest BCUT2D eigenvalue weighted by Gasteiger charge is -2.25. The topological polar surface area (TPSA) is 61.4 Å². The van der Waals surface area contributed by atoms with Gasteiger partial charge in [0.1, 0.15) is 6.04 Å². The van der Waals surface area contributed by atoms with Gasteiger partial charge >= 0.3 is 6.03 Å². The van der Waals surface area contributed by atoms with Gasteiger partial charge in [0.2, 0.25) is 5.91 Å². The van der Waals surface area contributed by atoms with Crippen LogP contribution in [0.5, 0.6) is 0 Å². The molecule has 0 aliphatic carbocycles. The molecule has 130 valence electrons. The van der Waals surface area contributed by atoms with Gasteiger partial charge in [-0.2, -0.15) is 0 Å². The van der Waals surface area contributed by atoms with Crippen molar-refractivity contribution in [1.29, 1.82) is 0 Å². The SMILES string of the molecule is CCNC(=O)C1Cc2ccccc2N1C(=O)Nc1ccc(C)c(C)c1. The number of fused-ring (bicyclic) bond motifs is 1. The van der Waals surface area contributed by atoms with Crippen molar-refractivity contribution in [2.24, 2.45) is 0 Å². The summed E-state index contributed by atoms with van der Waals surface area (Å²) in [5.74, 6) is -0.131. The van der Waals surface area contributed by atoms with Crippen molar-refractivity contribution in [2.45, 2.75) is 33.2 Å². The fourth-order valence-electron chi connectivity index (χ4n) is 3.14. The molecule has 2 aromatic rings. The first-order chi connectivity index (χ1) is 12.0. The maximum absolute atomic E-state index is 12.9. The van der Waals surface area contributed by atoms with Crippen LogP contribution in [0.1, 0.15) is 23.6 Å². The highest BCUT2D eigenvalue weighted by Crippen LogP contribution is 2.32. The molecule has 0 bridgehead atoms. The molecule has 3 rings (SSSR count). The number of amides is 3. The zero-order chi connectivity index (χ0) is 18.0. The Morgan fingerprint density at radius 3 is 2.60 bits per heavy atom. The molecule has 0 saturated heterocycles. The summed E-state index contributed by atoms with van der Waals surface area (Å²) in [6.45, 7) is 6.45. The van der Waals surface area contributed by atoms with Crippen molar-refractivity contribution in [3.8, 4) is 0 Å². The molecule has 0 fully saturated rings. The Hall–Kier alpha value is -2.82. The minimum absolute atomic E-state index is 0.131. The van der Waals surface area contributed by atoms with Gasteiger partial charge in [-0.1, -0.05) is 24.3 Å². The Morgan fingerprint density at radius 1 is 1.12 bits per heavy atom. The molecule has 5 heteroatoms. The normalized spacial score (nSPS) is 15.6. The minimum atomic E-state index is -0.524. The number of rotatable bonds is 3. The standard InChI is InChI=1S/C20H23N3O2/c1-4-21-19(24)18-12-15-7-5-6-8-17(15)23(18)20(25)22-16-10-9-13(2)14(3)11-16/h5-11,18H,4,12H2,1-3H3,(H,21,24)(H,22,25). The number of carbonyl (C=O) groups excluding carboxylic acids is 2. The summed E-state index contributed by atoms with van der Waals surface area (Å²) in [6, 6.07) is 12.6. The fraction of sp³-hybridized carbons (Fsp3) is 0.300.